The lowest BCUT2D eigenvalue weighted by atomic mass is 9.93. The lowest BCUT2D eigenvalue weighted by Gasteiger charge is -2.46. The maximum absolute atomic E-state index is 15.2. The van der Waals surface area contributed by atoms with Crippen molar-refractivity contribution in [3.63, 3.8) is 0 Å². The molecule has 36 heavy (non-hydrogen) atoms. The highest BCUT2D eigenvalue weighted by atomic mass is 19.2. The number of rotatable bonds is 2. The zero-order valence-corrected chi connectivity index (χ0v) is 19.8. The maximum atomic E-state index is 15.2. The predicted octanol–water partition coefficient (Wildman–Crippen LogP) is 4.01. The number of halogens is 2. The highest BCUT2D eigenvalue weighted by molar-refractivity contribution is 5.96. The number of pyridine rings is 1. The normalized spacial score (nSPS) is 20.2. The van der Waals surface area contributed by atoms with Gasteiger partial charge in [0.15, 0.2) is 23.0 Å². The van der Waals surface area contributed by atoms with Gasteiger partial charge in [-0.3, -0.25) is 19.3 Å². The Morgan fingerprint density at radius 2 is 1.86 bits per heavy atom. The van der Waals surface area contributed by atoms with Crippen LogP contribution in [0.4, 0.5) is 8.78 Å². The number of aryl methyl sites for hydroxylation is 1. The van der Waals surface area contributed by atoms with Gasteiger partial charge in [-0.05, 0) is 42.7 Å². The first-order valence-electron chi connectivity index (χ1n) is 11.7. The van der Waals surface area contributed by atoms with Gasteiger partial charge in [0.2, 0.25) is 11.2 Å². The van der Waals surface area contributed by atoms with Crippen molar-refractivity contribution in [3.8, 4) is 11.5 Å². The number of ether oxygens (including phenoxy) is 1. The van der Waals surface area contributed by atoms with Crippen molar-refractivity contribution in [1.82, 2.24) is 9.58 Å². The van der Waals surface area contributed by atoms with E-state index in [9.17, 15) is 19.1 Å². The van der Waals surface area contributed by atoms with Crippen LogP contribution < -0.4 is 15.2 Å². The van der Waals surface area contributed by atoms with Crippen molar-refractivity contribution >= 4 is 5.91 Å². The Bertz CT molecular complexity index is 1440. The molecule has 186 valence electrons. The molecule has 2 aromatic carbocycles. The lowest BCUT2D eigenvalue weighted by Crippen LogP contribution is -2.57. The van der Waals surface area contributed by atoms with Crippen LogP contribution in [0.2, 0.25) is 0 Å². The first-order valence-corrected chi connectivity index (χ1v) is 11.7. The van der Waals surface area contributed by atoms with Crippen molar-refractivity contribution in [1.29, 1.82) is 0 Å². The number of hydrogen-bond donors (Lipinski definition) is 1. The summed E-state index contributed by atoms with van der Waals surface area (Å²) in [6, 6.07) is 9.98. The molecule has 2 bridgehead atoms. The minimum atomic E-state index is -1.11. The molecular weight excluding hydrogens is 468 g/mol. The Morgan fingerprint density at radius 3 is 2.61 bits per heavy atom. The fourth-order valence-corrected chi connectivity index (χ4v) is 4.91. The molecular formula is C27H25F2N3O4. The minimum Gasteiger partial charge on any atom is -0.502 e. The third kappa shape index (κ3) is 3.71. The molecule has 0 spiro atoms. The van der Waals surface area contributed by atoms with Gasteiger partial charge in [0.1, 0.15) is 19.3 Å². The summed E-state index contributed by atoms with van der Waals surface area (Å²) in [5.41, 5.74) is 1.09. The molecule has 1 N–H and O–H groups in total. The van der Waals surface area contributed by atoms with Crippen molar-refractivity contribution in [2.24, 2.45) is 0 Å². The Morgan fingerprint density at radius 1 is 1.08 bits per heavy atom. The van der Waals surface area contributed by atoms with E-state index in [0.717, 1.165) is 17.2 Å². The number of nitrogens with zero attached hydrogens (tertiary/aromatic N) is 3. The van der Waals surface area contributed by atoms with Crippen LogP contribution >= 0.6 is 0 Å². The predicted molar refractivity (Wildman–Crippen MR) is 130 cm³/mol. The van der Waals surface area contributed by atoms with Gasteiger partial charge in [0.25, 0.3) is 5.91 Å². The average molecular weight is 494 g/mol. The Kier molecular flexibility index (Phi) is 5.99. The first kappa shape index (κ1) is 23.6. The van der Waals surface area contributed by atoms with E-state index in [0.29, 0.717) is 12.0 Å². The van der Waals surface area contributed by atoms with Crippen molar-refractivity contribution in [2.45, 2.75) is 32.4 Å². The summed E-state index contributed by atoms with van der Waals surface area (Å²) in [5, 5.41) is 12.4. The second-order valence-corrected chi connectivity index (χ2v) is 8.83. The second kappa shape index (κ2) is 9.14. The molecule has 5 rings (SSSR count). The summed E-state index contributed by atoms with van der Waals surface area (Å²) in [5.74, 6) is -3.57. The number of aromatic hydroxyl groups is 1. The van der Waals surface area contributed by atoms with Crippen molar-refractivity contribution in [3.05, 3.63) is 105 Å². The number of carbonyl (C=O) groups is 1. The van der Waals surface area contributed by atoms with Crippen LogP contribution in [0.25, 0.3) is 0 Å². The molecule has 0 fully saturated rings. The van der Waals surface area contributed by atoms with Gasteiger partial charge >= 0.3 is 0 Å². The largest absolute Gasteiger partial charge is 0.502 e. The molecule has 7 nitrogen and oxygen atoms in total. The van der Waals surface area contributed by atoms with Gasteiger partial charge < -0.3 is 14.7 Å². The fraction of sp³-hybridized carbons (Fsp3) is 0.259. The molecule has 0 saturated heterocycles. The molecule has 0 unspecified atom stereocenters. The molecule has 3 heterocycles. The number of aromatic nitrogens is 1. The summed E-state index contributed by atoms with van der Waals surface area (Å²) < 4.78 is 36.7. The van der Waals surface area contributed by atoms with Crippen molar-refractivity contribution < 1.29 is 23.4 Å². The zero-order chi connectivity index (χ0) is 25.6. The smallest absolute Gasteiger partial charge is 0.278 e. The van der Waals surface area contributed by atoms with Crippen LogP contribution in [-0.4, -0.2) is 39.9 Å². The summed E-state index contributed by atoms with van der Waals surface area (Å²) in [6.07, 6.45) is 5.36. The number of benzene rings is 2. The minimum absolute atomic E-state index is 0.0392. The first-order chi connectivity index (χ1) is 17.3. The van der Waals surface area contributed by atoms with E-state index < -0.39 is 40.8 Å². The zero-order valence-electron chi connectivity index (χ0n) is 19.8. The van der Waals surface area contributed by atoms with Gasteiger partial charge in [-0.2, -0.15) is 4.39 Å². The second-order valence-electron chi connectivity index (χ2n) is 8.83. The maximum Gasteiger partial charge on any atom is 0.278 e. The number of amides is 1. The van der Waals surface area contributed by atoms with Crippen LogP contribution in [0.15, 0.2) is 65.6 Å². The van der Waals surface area contributed by atoms with Gasteiger partial charge in [-0.1, -0.05) is 37.3 Å². The van der Waals surface area contributed by atoms with Crippen molar-refractivity contribution in [2.75, 3.05) is 18.3 Å². The van der Waals surface area contributed by atoms with Crippen LogP contribution in [0.1, 0.15) is 46.6 Å². The van der Waals surface area contributed by atoms with Gasteiger partial charge in [0, 0.05) is 17.8 Å². The molecule has 0 saturated carbocycles. The van der Waals surface area contributed by atoms with E-state index in [-0.39, 0.29) is 24.7 Å². The number of carbonyl (C=O) groups excluding carboxylic acids is 1. The van der Waals surface area contributed by atoms with Gasteiger partial charge in [-0.25, -0.2) is 4.39 Å². The summed E-state index contributed by atoms with van der Waals surface area (Å²) in [7, 11) is 0. The molecule has 3 aromatic rings. The third-order valence-electron chi connectivity index (χ3n) is 6.75. The van der Waals surface area contributed by atoms with E-state index in [1.165, 1.54) is 23.0 Å². The molecule has 9 heteroatoms. The van der Waals surface area contributed by atoms with E-state index >= 15 is 4.39 Å². The van der Waals surface area contributed by atoms with Crippen LogP contribution in [0.3, 0.4) is 0 Å². The fourth-order valence-electron chi connectivity index (χ4n) is 4.91. The summed E-state index contributed by atoms with van der Waals surface area (Å²) in [6.45, 7) is 3.81. The Hall–Kier alpha value is -4.14. The average Bonchev–Trinajstić information content (AvgIpc) is 2.89. The van der Waals surface area contributed by atoms with E-state index in [4.69, 9.17) is 4.74 Å². The monoisotopic (exact) mass is 493 g/mol. The topological polar surface area (TPSA) is 75.0 Å². The summed E-state index contributed by atoms with van der Waals surface area (Å²) in [4.78, 5) is 27.5. The lowest BCUT2D eigenvalue weighted by molar-refractivity contribution is 0.0626. The third-order valence-corrected chi connectivity index (χ3v) is 6.75. The Labute approximate surface area is 206 Å². The van der Waals surface area contributed by atoms with Gasteiger partial charge in [0.05, 0.1) is 6.04 Å². The molecule has 1 aromatic heterocycles. The van der Waals surface area contributed by atoms with Crippen LogP contribution in [-0.2, 0) is 0 Å². The van der Waals surface area contributed by atoms with Crippen LogP contribution in [0.5, 0.6) is 11.5 Å². The van der Waals surface area contributed by atoms with Crippen LogP contribution in [0, 0.1) is 18.6 Å². The quantitative estimate of drug-likeness (QED) is 0.546. The molecule has 0 aliphatic carbocycles. The molecule has 2 aliphatic heterocycles. The summed E-state index contributed by atoms with van der Waals surface area (Å²) >= 11 is 0. The molecule has 1 amide bonds. The standard InChI is InChI=1S/C27H25F2N3O4/c1-3-17-8-6-14-36-26-19(10-11-20(28)22(26)29)23(18-9-5-4-7-16(18)2)32-15-30(17)27(35)24-25(34)21(33)12-13-31(24)32/h4-13,17,23,34H,3,14-15H2,1-2H3/b8-6+/t17-,23+/m0/s1. The highest BCUT2D eigenvalue weighted by Crippen LogP contribution is 2.40. The van der Waals surface area contributed by atoms with Gasteiger partial charge in [-0.15, -0.1) is 0 Å². The Balaban J connectivity index is 1.87. The molecule has 2 atom stereocenters. The van der Waals surface area contributed by atoms with E-state index in [1.54, 1.807) is 22.1 Å². The highest BCUT2D eigenvalue weighted by Gasteiger charge is 2.40. The number of hydrogen-bond acceptors (Lipinski definition) is 5. The number of fused-ring (bicyclic) bond motifs is 5. The van der Waals surface area contributed by atoms with E-state index in [1.807, 2.05) is 38.1 Å². The molecule has 0 radical (unpaired) electrons. The van der Waals surface area contributed by atoms with E-state index in [2.05, 4.69) is 0 Å². The molecule has 2 aliphatic rings. The SMILES string of the molecule is CC[C@H]1/C=C/COc2c(ccc(F)c2F)[C@@H](c2ccccc2C)N2CN1C(=O)c1c(O)c(=O)ccn12.